The van der Waals surface area contributed by atoms with Gasteiger partial charge in [0.1, 0.15) is 23.7 Å². The van der Waals surface area contributed by atoms with Gasteiger partial charge >= 0.3 is 5.69 Å². The van der Waals surface area contributed by atoms with E-state index in [0.717, 1.165) is 22.6 Å². The van der Waals surface area contributed by atoms with E-state index in [0.29, 0.717) is 12.1 Å². The van der Waals surface area contributed by atoms with Crippen LogP contribution in [-0.2, 0) is 11.3 Å². The largest absolute Gasteiger partial charge is 0.497 e. The zero-order chi connectivity index (χ0) is 22.8. The molecular weight excluding hydrogens is 410 g/mol. The monoisotopic (exact) mass is 433 g/mol. The zero-order valence-corrected chi connectivity index (χ0v) is 18.1. The number of hydrogen-bond acceptors (Lipinski definition) is 6. The molecule has 32 heavy (non-hydrogen) atoms. The van der Waals surface area contributed by atoms with Gasteiger partial charge in [-0.15, -0.1) is 0 Å². The molecule has 9 heteroatoms. The molecule has 164 valence electrons. The third-order valence-electron chi connectivity index (χ3n) is 5.58. The Morgan fingerprint density at radius 1 is 1.16 bits per heavy atom. The van der Waals surface area contributed by atoms with E-state index in [9.17, 15) is 14.9 Å². The lowest BCUT2D eigenvalue weighted by Gasteiger charge is -2.22. The maximum absolute atomic E-state index is 13.3. The van der Waals surface area contributed by atoms with Crippen LogP contribution in [0.25, 0.3) is 0 Å². The van der Waals surface area contributed by atoms with Gasteiger partial charge < -0.3 is 4.74 Å². The van der Waals surface area contributed by atoms with E-state index >= 15 is 0 Å². The molecule has 1 aliphatic heterocycles. The average Bonchev–Trinajstić information content (AvgIpc) is 3.36. The summed E-state index contributed by atoms with van der Waals surface area (Å²) < 4.78 is 6.62. The van der Waals surface area contributed by atoms with E-state index < -0.39 is 4.92 Å². The molecule has 2 heterocycles. The van der Waals surface area contributed by atoms with E-state index in [4.69, 9.17) is 4.74 Å². The van der Waals surface area contributed by atoms with Gasteiger partial charge in [-0.2, -0.15) is 10.2 Å². The van der Waals surface area contributed by atoms with Crippen LogP contribution in [0, 0.1) is 24.0 Å². The van der Waals surface area contributed by atoms with Crippen molar-refractivity contribution >= 4 is 17.3 Å². The topological polar surface area (TPSA) is 103 Å². The van der Waals surface area contributed by atoms with Gasteiger partial charge in [0.15, 0.2) is 0 Å². The summed E-state index contributed by atoms with van der Waals surface area (Å²) in [5.41, 5.74) is 3.23. The Morgan fingerprint density at radius 2 is 1.84 bits per heavy atom. The van der Waals surface area contributed by atoms with E-state index in [1.54, 1.807) is 21.0 Å². The number of amides is 1. The number of aryl methyl sites for hydroxylation is 1. The molecule has 0 aliphatic carbocycles. The molecule has 3 aromatic rings. The Labute approximate surface area is 185 Å². The average molecular weight is 433 g/mol. The van der Waals surface area contributed by atoms with Crippen LogP contribution in [0.3, 0.4) is 0 Å². The van der Waals surface area contributed by atoms with Gasteiger partial charge in [0.05, 0.1) is 23.8 Å². The molecular formula is C23H23N5O4. The van der Waals surface area contributed by atoms with Crippen molar-refractivity contribution < 1.29 is 14.5 Å². The van der Waals surface area contributed by atoms with Crippen LogP contribution < -0.4 is 4.74 Å². The first-order valence-electron chi connectivity index (χ1n) is 10.2. The highest BCUT2D eigenvalue weighted by Gasteiger charge is 2.34. The number of aromatic nitrogens is 2. The number of hydrazone groups is 1. The number of benzene rings is 2. The standard InChI is InChI=1S/C23H23N5O4/c1-15-23(28(30)31)16(2)26(24-15)14-22(29)27-21(18-9-11-19(32-3)12-10-18)13-20(25-27)17-7-5-4-6-8-17/h4-12,21H,13-14H2,1-3H3. The van der Waals surface area contributed by atoms with Gasteiger partial charge in [-0.1, -0.05) is 42.5 Å². The van der Waals surface area contributed by atoms with Gasteiger partial charge in [0, 0.05) is 6.42 Å². The molecule has 1 aliphatic rings. The second-order valence-corrected chi connectivity index (χ2v) is 7.58. The fraction of sp³-hybridized carbons (Fsp3) is 0.261. The lowest BCUT2D eigenvalue weighted by Crippen LogP contribution is -2.31. The molecule has 1 unspecified atom stereocenters. The molecule has 0 spiro atoms. The van der Waals surface area contributed by atoms with Crippen LogP contribution in [0.1, 0.15) is 35.0 Å². The summed E-state index contributed by atoms with van der Waals surface area (Å²) in [6.45, 7) is 3.02. The molecule has 0 radical (unpaired) electrons. The second kappa shape index (κ2) is 8.62. The quantitative estimate of drug-likeness (QED) is 0.435. The summed E-state index contributed by atoms with van der Waals surface area (Å²) in [6, 6.07) is 17.0. The van der Waals surface area contributed by atoms with E-state index in [1.807, 2.05) is 54.6 Å². The molecule has 9 nitrogen and oxygen atoms in total. The van der Waals surface area contributed by atoms with Gasteiger partial charge in [0.25, 0.3) is 5.91 Å². The van der Waals surface area contributed by atoms with Crippen molar-refractivity contribution in [2.45, 2.75) is 32.9 Å². The summed E-state index contributed by atoms with van der Waals surface area (Å²) in [6.07, 6.45) is 0.555. The smallest absolute Gasteiger partial charge is 0.312 e. The number of carbonyl (C=O) groups excluding carboxylic acids is 1. The second-order valence-electron chi connectivity index (χ2n) is 7.58. The minimum atomic E-state index is -0.472. The molecule has 0 saturated heterocycles. The SMILES string of the molecule is COc1ccc(C2CC(c3ccccc3)=NN2C(=O)Cn2nc(C)c([N+](=O)[O-])c2C)cc1. The summed E-state index contributed by atoms with van der Waals surface area (Å²) in [4.78, 5) is 24.1. The molecule has 1 aromatic heterocycles. The predicted molar refractivity (Wildman–Crippen MR) is 119 cm³/mol. The molecule has 2 aromatic carbocycles. The molecule has 4 rings (SSSR count). The maximum Gasteiger partial charge on any atom is 0.312 e. The third kappa shape index (κ3) is 3.96. The normalized spacial score (nSPS) is 15.5. The van der Waals surface area contributed by atoms with Gasteiger partial charge in [-0.05, 0) is 37.1 Å². The Kier molecular flexibility index (Phi) is 5.72. The van der Waals surface area contributed by atoms with Crippen molar-refractivity contribution in [1.82, 2.24) is 14.8 Å². The van der Waals surface area contributed by atoms with Crippen molar-refractivity contribution in [3.63, 3.8) is 0 Å². The van der Waals surface area contributed by atoms with Gasteiger partial charge in [-0.25, -0.2) is 5.01 Å². The maximum atomic E-state index is 13.3. The number of hydrogen-bond donors (Lipinski definition) is 0. The number of ether oxygens (including phenoxy) is 1. The molecule has 0 N–H and O–H groups in total. The van der Waals surface area contributed by atoms with Crippen molar-refractivity contribution in [3.8, 4) is 5.75 Å². The van der Waals surface area contributed by atoms with Crippen molar-refractivity contribution in [3.05, 3.63) is 87.2 Å². The third-order valence-corrected chi connectivity index (χ3v) is 5.58. The number of methoxy groups -OCH3 is 1. The highest BCUT2D eigenvalue weighted by atomic mass is 16.6. The minimum absolute atomic E-state index is 0.0700. The Hall–Kier alpha value is -4.01. The van der Waals surface area contributed by atoms with Crippen LogP contribution in [0.2, 0.25) is 0 Å². The van der Waals surface area contributed by atoms with Crippen molar-refractivity contribution in [2.75, 3.05) is 7.11 Å². The fourth-order valence-corrected chi connectivity index (χ4v) is 3.94. The van der Waals surface area contributed by atoms with E-state index in [1.165, 1.54) is 9.69 Å². The predicted octanol–water partition coefficient (Wildman–Crippen LogP) is 3.79. The van der Waals surface area contributed by atoms with Gasteiger partial charge in [-0.3, -0.25) is 19.6 Å². The van der Waals surface area contributed by atoms with Crippen LogP contribution in [-0.4, -0.2) is 38.4 Å². The number of carbonyl (C=O) groups is 1. The Morgan fingerprint density at radius 3 is 2.44 bits per heavy atom. The van der Waals surface area contributed by atoms with Crippen molar-refractivity contribution in [2.24, 2.45) is 5.10 Å². The molecule has 0 bridgehead atoms. The van der Waals surface area contributed by atoms with Crippen molar-refractivity contribution in [1.29, 1.82) is 0 Å². The Bertz CT molecular complexity index is 1190. The molecule has 0 fully saturated rings. The molecule has 0 saturated carbocycles. The first-order valence-corrected chi connectivity index (χ1v) is 10.2. The lowest BCUT2D eigenvalue weighted by molar-refractivity contribution is -0.386. The summed E-state index contributed by atoms with van der Waals surface area (Å²) in [5, 5.41) is 21.6. The number of rotatable bonds is 6. The van der Waals surface area contributed by atoms with Crippen LogP contribution >= 0.6 is 0 Å². The van der Waals surface area contributed by atoms with Crippen LogP contribution in [0.5, 0.6) is 5.75 Å². The van der Waals surface area contributed by atoms with E-state index in [-0.39, 0.29) is 29.9 Å². The first kappa shape index (κ1) is 21.2. The summed E-state index contributed by atoms with van der Waals surface area (Å²) in [5.74, 6) is 0.432. The van der Waals surface area contributed by atoms with Crippen LogP contribution in [0.15, 0.2) is 59.7 Å². The zero-order valence-electron chi connectivity index (χ0n) is 18.1. The summed E-state index contributed by atoms with van der Waals surface area (Å²) in [7, 11) is 1.60. The summed E-state index contributed by atoms with van der Waals surface area (Å²) >= 11 is 0. The molecule has 1 amide bonds. The highest BCUT2D eigenvalue weighted by molar-refractivity contribution is 6.03. The molecule has 1 atom stereocenters. The minimum Gasteiger partial charge on any atom is -0.497 e. The fourth-order valence-electron chi connectivity index (χ4n) is 3.94. The first-order chi connectivity index (χ1) is 15.4. The number of nitro groups is 1. The highest BCUT2D eigenvalue weighted by Crippen LogP contribution is 2.34. The lowest BCUT2D eigenvalue weighted by atomic mass is 9.98. The van der Waals surface area contributed by atoms with Crippen LogP contribution in [0.4, 0.5) is 5.69 Å². The number of nitrogens with zero attached hydrogens (tertiary/aromatic N) is 5. The Balaban J connectivity index is 1.66. The van der Waals surface area contributed by atoms with E-state index in [2.05, 4.69) is 10.2 Å². The van der Waals surface area contributed by atoms with Gasteiger partial charge in [0.2, 0.25) is 0 Å².